The molecule has 0 aliphatic heterocycles. The van der Waals surface area contributed by atoms with Gasteiger partial charge in [0.25, 0.3) is 5.91 Å². The zero-order valence-electron chi connectivity index (χ0n) is 15.9. The van der Waals surface area contributed by atoms with Crippen LogP contribution in [0.4, 0.5) is 18.3 Å². The second kappa shape index (κ2) is 9.59. The van der Waals surface area contributed by atoms with Crippen molar-refractivity contribution in [2.75, 3.05) is 25.1 Å². The summed E-state index contributed by atoms with van der Waals surface area (Å²) in [5.41, 5.74) is -1.31. The smallest absolute Gasteiger partial charge is 0.435 e. The molecule has 11 heteroatoms. The largest absolute Gasteiger partial charge is 0.494 e. The van der Waals surface area contributed by atoms with Crippen LogP contribution >= 0.6 is 11.3 Å². The Balaban J connectivity index is 2.34. The first-order chi connectivity index (χ1) is 13.7. The minimum atomic E-state index is -4.88. The number of hydrogen-bond donors (Lipinski definition) is 1. The second-order valence-electron chi connectivity index (χ2n) is 5.43. The number of hydrogen-bond acceptors (Lipinski definition) is 7. The summed E-state index contributed by atoms with van der Waals surface area (Å²) >= 11 is 0.386. The number of nitrogens with zero attached hydrogens (tertiary/aromatic N) is 1. The molecule has 1 aromatic carbocycles. The van der Waals surface area contributed by atoms with Gasteiger partial charge in [-0.25, -0.2) is 9.78 Å². The number of esters is 1. The van der Waals surface area contributed by atoms with Gasteiger partial charge in [-0.2, -0.15) is 13.2 Å². The monoisotopic (exact) mass is 432 g/mol. The minimum absolute atomic E-state index is 0.0971. The van der Waals surface area contributed by atoms with Crippen LogP contribution in [-0.4, -0.2) is 36.7 Å². The Bertz CT molecular complexity index is 859. The first-order valence-corrected chi connectivity index (χ1v) is 9.48. The fourth-order valence-electron chi connectivity index (χ4n) is 2.27. The third-order valence-corrected chi connectivity index (χ3v) is 4.29. The molecule has 29 heavy (non-hydrogen) atoms. The Labute approximate surface area is 168 Å². The van der Waals surface area contributed by atoms with Crippen molar-refractivity contribution in [2.24, 2.45) is 0 Å². The van der Waals surface area contributed by atoms with Gasteiger partial charge in [0.1, 0.15) is 16.4 Å². The van der Waals surface area contributed by atoms with E-state index in [1.54, 1.807) is 19.9 Å². The Hall–Kier alpha value is -2.82. The van der Waals surface area contributed by atoms with E-state index in [0.29, 0.717) is 36.0 Å². The van der Waals surface area contributed by atoms with Crippen molar-refractivity contribution in [3.8, 4) is 11.5 Å². The lowest BCUT2D eigenvalue weighted by Crippen LogP contribution is -2.14. The quantitative estimate of drug-likeness (QED) is 0.623. The Morgan fingerprint density at radius 2 is 1.62 bits per heavy atom. The molecule has 0 saturated carbocycles. The van der Waals surface area contributed by atoms with Crippen molar-refractivity contribution in [1.29, 1.82) is 0 Å². The molecule has 2 rings (SSSR count). The van der Waals surface area contributed by atoms with Gasteiger partial charge in [-0.05, 0) is 32.9 Å². The van der Waals surface area contributed by atoms with Crippen LogP contribution in [-0.2, 0) is 10.9 Å². The average Bonchev–Trinajstić information content (AvgIpc) is 3.07. The number of alkyl halides is 3. The Kier molecular flexibility index (Phi) is 7.43. The van der Waals surface area contributed by atoms with Crippen LogP contribution in [0, 0.1) is 0 Å². The van der Waals surface area contributed by atoms with Gasteiger partial charge in [0, 0.05) is 11.6 Å². The average molecular weight is 432 g/mol. The van der Waals surface area contributed by atoms with E-state index in [-0.39, 0.29) is 17.3 Å². The number of halogens is 3. The maximum atomic E-state index is 13.2. The highest BCUT2D eigenvalue weighted by atomic mass is 32.1. The molecule has 1 N–H and O–H groups in total. The number of anilines is 1. The summed E-state index contributed by atoms with van der Waals surface area (Å²) in [7, 11) is 0. The van der Waals surface area contributed by atoms with Crippen molar-refractivity contribution >= 4 is 28.3 Å². The minimum Gasteiger partial charge on any atom is -0.494 e. The van der Waals surface area contributed by atoms with Crippen LogP contribution in [0.2, 0.25) is 0 Å². The number of amides is 1. The highest BCUT2D eigenvalue weighted by molar-refractivity contribution is 7.17. The van der Waals surface area contributed by atoms with E-state index >= 15 is 0 Å². The SMILES string of the molecule is CCOC(=O)c1sc(NC(=O)c2cc(OCC)cc(OCC)c2)nc1C(F)(F)F. The molecule has 0 spiro atoms. The van der Waals surface area contributed by atoms with Gasteiger partial charge in [0.15, 0.2) is 10.8 Å². The summed E-state index contributed by atoms with van der Waals surface area (Å²) in [4.78, 5) is 27.0. The lowest BCUT2D eigenvalue weighted by molar-refractivity contribution is -0.141. The van der Waals surface area contributed by atoms with Gasteiger partial charge in [-0.3, -0.25) is 10.1 Å². The lowest BCUT2D eigenvalue weighted by atomic mass is 10.2. The van der Waals surface area contributed by atoms with E-state index < -0.39 is 28.6 Å². The molecule has 7 nitrogen and oxygen atoms in total. The van der Waals surface area contributed by atoms with E-state index in [4.69, 9.17) is 9.47 Å². The van der Waals surface area contributed by atoms with Gasteiger partial charge in [-0.1, -0.05) is 11.3 Å². The molecule has 158 valence electrons. The van der Waals surface area contributed by atoms with Crippen molar-refractivity contribution in [3.05, 3.63) is 34.3 Å². The molecule has 0 unspecified atom stereocenters. The highest BCUT2D eigenvalue weighted by Crippen LogP contribution is 2.37. The first-order valence-electron chi connectivity index (χ1n) is 8.66. The zero-order valence-corrected chi connectivity index (χ0v) is 16.7. The van der Waals surface area contributed by atoms with Gasteiger partial charge in [0.2, 0.25) is 0 Å². The van der Waals surface area contributed by atoms with Gasteiger partial charge >= 0.3 is 12.1 Å². The van der Waals surface area contributed by atoms with Crippen LogP contribution < -0.4 is 14.8 Å². The van der Waals surface area contributed by atoms with E-state index in [0.717, 1.165) is 0 Å². The van der Waals surface area contributed by atoms with E-state index in [9.17, 15) is 22.8 Å². The summed E-state index contributed by atoms with van der Waals surface area (Å²) in [6.45, 7) is 5.59. The van der Waals surface area contributed by atoms with Crippen molar-refractivity contribution in [1.82, 2.24) is 4.98 Å². The predicted octanol–water partition coefficient (Wildman–Crippen LogP) is 4.39. The fourth-order valence-corrected chi connectivity index (χ4v) is 3.15. The van der Waals surface area contributed by atoms with E-state index in [2.05, 4.69) is 15.0 Å². The van der Waals surface area contributed by atoms with Gasteiger partial charge < -0.3 is 14.2 Å². The second-order valence-corrected chi connectivity index (χ2v) is 6.43. The van der Waals surface area contributed by atoms with Crippen molar-refractivity contribution < 1.29 is 37.0 Å². The van der Waals surface area contributed by atoms with Crippen LogP contribution in [0.1, 0.15) is 46.5 Å². The summed E-state index contributed by atoms with van der Waals surface area (Å²) in [5, 5.41) is 1.89. The summed E-state index contributed by atoms with van der Waals surface area (Å²) in [5.74, 6) is -1.16. The van der Waals surface area contributed by atoms with Crippen LogP contribution in [0.3, 0.4) is 0 Å². The number of ether oxygens (including phenoxy) is 3. The first kappa shape index (κ1) is 22.5. The standard InChI is InChI=1S/C18H19F3N2O5S/c1-4-26-11-7-10(8-12(9-11)27-5-2)15(24)23-17-22-14(18(19,20)21)13(29-17)16(25)28-6-3/h7-9H,4-6H2,1-3H3,(H,22,23,24). The highest BCUT2D eigenvalue weighted by Gasteiger charge is 2.40. The molecular weight excluding hydrogens is 413 g/mol. The number of carbonyl (C=O) groups is 2. The molecule has 1 aromatic heterocycles. The van der Waals surface area contributed by atoms with Crippen molar-refractivity contribution in [3.63, 3.8) is 0 Å². The van der Waals surface area contributed by atoms with Crippen LogP contribution in [0.5, 0.6) is 11.5 Å². The maximum absolute atomic E-state index is 13.2. The number of benzene rings is 1. The summed E-state index contributed by atoms with van der Waals surface area (Å²) in [6, 6.07) is 4.44. The Morgan fingerprint density at radius 1 is 1.03 bits per heavy atom. The molecule has 2 aromatic rings. The third-order valence-electron chi connectivity index (χ3n) is 3.34. The maximum Gasteiger partial charge on any atom is 0.435 e. The van der Waals surface area contributed by atoms with Crippen molar-refractivity contribution in [2.45, 2.75) is 26.9 Å². The number of nitrogens with one attached hydrogen (secondary N) is 1. The number of carbonyl (C=O) groups excluding carboxylic acids is 2. The van der Waals surface area contributed by atoms with Gasteiger partial charge in [-0.15, -0.1) is 0 Å². The normalized spacial score (nSPS) is 11.1. The molecule has 0 bridgehead atoms. The number of rotatable bonds is 8. The predicted molar refractivity (Wildman–Crippen MR) is 99.8 cm³/mol. The molecule has 0 fully saturated rings. The lowest BCUT2D eigenvalue weighted by Gasteiger charge is -2.10. The summed E-state index contributed by atoms with van der Waals surface area (Å²) in [6.07, 6.45) is -4.88. The fraction of sp³-hybridized carbons (Fsp3) is 0.389. The van der Waals surface area contributed by atoms with E-state index in [1.165, 1.54) is 19.1 Å². The Morgan fingerprint density at radius 3 is 2.10 bits per heavy atom. The molecule has 0 atom stereocenters. The third kappa shape index (κ3) is 5.83. The summed E-state index contributed by atoms with van der Waals surface area (Å²) < 4.78 is 55.0. The molecule has 0 aliphatic rings. The molecule has 1 amide bonds. The topological polar surface area (TPSA) is 86.8 Å². The molecule has 0 radical (unpaired) electrons. The molecule has 0 aliphatic carbocycles. The van der Waals surface area contributed by atoms with Crippen LogP contribution in [0.25, 0.3) is 0 Å². The molecule has 1 heterocycles. The van der Waals surface area contributed by atoms with Crippen LogP contribution in [0.15, 0.2) is 18.2 Å². The number of thiazole rings is 1. The number of aromatic nitrogens is 1. The van der Waals surface area contributed by atoms with Gasteiger partial charge in [0.05, 0.1) is 19.8 Å². The van der Waals surface area contributed by atoms with E-state index in [1.807, 2.05) is 0 Å². The molecule has 0 saturated heterocycles. The molecular formula is C18H19F3N2O5S. The zero-order chi connectivity index (χ0) is 21.6.